The summed E-state index contributed by atoms with van der Waals surface area (Å²) in [4.78, 5) is 0. The van der Waals surface area contributed by atoms with Crippen molar-refractivity contribution in [3.8, 4) is 0 Å². The van der Waals surface area contributed by atoms with Crippen LogP contribution in [0.1, 0.15) is 84.6 Å². The van der Waals surface area contributed by atoms with Crippen LogP contribution < -0.4 is 0 Å². The third-order valence-corrected chi connectivity index (χ3v) is 5.29. The van der Waals surface area contributed by atoms with Crippen LogP contribution in [0.4, 0.5) is 13.2 Å². The number of benzene rings is 1. The fourth-order valence-electron chi connectivity index (χ4n) is 3.84. The van der Waals surface area contributed by atoms with Crippen molar-refractivity contribution in [2.75, 3.05) is 19.8 Å². The summed E-state index contributed by atoms with van der Waals surface area (Å²) in [6.07, 6.45) is 8.41. The highest BCUT2D eigenvalue weighted by Crippen LogP contribution is 2.34. The molecule has 6 heteroatoms. The first-order valence-corrected chi connectivity index (χ1v) is 11.5. The van der Waals surface area contributed by atoms with E-state index in [4.69, 9.17) is 14.2 Å². The molecule has 0 aliphatic rings. The largest absolute Gasteiger partial charge is 0.328 e. The highest BCUT2D eigenvalue weighted by molar-refractivity contribution is 5.20. The Balaban J connectivity index is 2.95. The second-order valence-electron chi connectivity index (χ2n) is 7.55. The average Bonchev–Trinajstić information content (AvgIpc) is 2.70. The van der Waals surface area contributed by atoms with Gasteiger partial charge in [0.05, 0.1) is 0 Å². The van der Waals surface area contributed by atoms with Gasteiger partial charge in [-0.3, -0.25) is 0 Å². The maximum atomic E-state index is 14.1. The summed E-state index contributed by atoms with van der Waals surface area (Å²) in [5.41, 5.74) is 0.153. The van der Waals surface area contributed by atoms with Crippen molar-refractivity contribution in [1.29, 1.82) is 0 Å². The zero-order valence-corrected chi connectivity index (χ0v) is 19.1. The molecule has 1 aromatic carbocycles. The molecule has 0 saturated heterocycles. The lowest BCUT2D eigenvalue weighted by atomic mass is 9.91. The Bertz CT molecular complexity index is 578. The van der Waals surface area contributed by atoms with Crippen LogP contribution >= 0.6 is 0 Å². The van der Waals surface area contributed by atoms with Crippen LogP contribution in [0.2, 0.25) is 0 Å². The first kappa shape index (κ1) is 26.9. The molecule has 0 heterocycles. The Kier molecular flexibility index (Phi) is 13.3. The molecular weight excluding hydrogens is 393 g/mol. The summed E-state index contributed by atoms with van der Waals surface area (Å²) < 4.78 is 58.9. The maximum absolute atomic E-state index is 14.1. The van der Waals surface area contributed by atoms with Crippen LogP contribution in [0.15, 0.2) is 12.1 Å². The van der Waals surface area contributed by atoms with E-state index in [1.807, 2.05) is 20.8 Å². The number of aryl methyl sites for hydroxylation is 1. The smallest absolute Gasteiger partial charge is 0.285 e. The molecule has 30 heavy (non-hydrogen) atoms. The van der Waals surface area contributed by atoms with Gasteiger partial charge >= 0.3 is 0 Å². The summed E-state index contributed by atoms with van der Waals surface area (Å²) in [5.74, 6) is -4.31. The summed E-state index contributed by atoms with van der Waals surface area (Å²) in [6, 6.07) is 1.55. The molecule has 0 spiro atoms. The van der Waals surface area contributed by atoms with Crippen molar-refractivity contribution in [2.24, 2.45) is 5.92 Å². The van der Waals surface area contributed by atoms with Gasteiger partial charge in [-0.15, -0.1) is 0 Å². The third-order valence-electron chi connectivity index (χ3n) is 5.29. The molecule has 0 fully saturated rings. The molecule has 0 aliphatic carbocycles. The molecule has 174 valence electrons. The number of unbranched alkanes of at least 4 members (excludes halogenated alkanes) is 5. The zero-order valence-electron chi connectivity index (χ0n) is 19.1. The van der Waals surface area contributed by atoms with E-state index in [1.54, 1.807) is 0 Å². The normalized spacial score (nSPS) is 13.0. The van der Waals surface area contributed by atoms with Gasteiger partial charge in [-0.1, -0.05) is 45.4 Å². The number of hydrogen-bond acceptors (Lipinski definition) is 3. The molecule has 0 amide bonds. The molecule has 0 radical (unpaired) electrons. The SMILES string of the molecule is CCCCCCCCC(CCc1cc(F)c(F)cc1F)C(OCC)(OCC)OCC. The van der Waals surface area contributed by atoms with Crippen LogP contribution in [-0.4, -0.2) is 25.8 Å². The second kappa shape index (κ2) is 14.8. The van der Waals surface area contributed by atoms with Crippen LogP contribution in [0.25, 0.3) is 0 Å². The van der Waals surface area contributed by atoms with E-state index in [0.717, 1.165) is 25.3 Å². The fourth-order valence-corrected chi connectivity index (χ4v) is 3.84. The second-order valence-corrected chi connectivity index (χ2v) is 7.55. The van der Waals surface area contributed by atoms with Crippen LogP contribution in [0.5, 0.6) is 0 Å². The molecular formula is C24H39F3O3. The predicted molar refractivity (Wildman–Crippen MR) is 114 cm³/mol. The summed E-state index contributed by atoms with van der Waals surface area (Å²) in [6.45, 7) is 9.05. The molecule has 3 nitrogen and oxygen atoms in total. The van der Waals surface area contributed by atoms with Gasteiger partial charge in [0.1, 0.15) is 5.82 Å². The van der Waals surface area contributed by atoms with E-state index >= 15 is 0 Å². The van der Waals surface area contributed by atoms with E-state index < -0.39 is 23.4 Å². The van der Waals surface area contributed by atoms with Gasteiger partial charge in [0.2, 0.25) is 0 Å². The minimum Gasteiger partial charge on any atom is -0.328 e. The molecule has 1 rings (SSSR count). The minimum absolute atomic E-state index is 0.153. The Labute approximate surface area is 180 Å². The Morgan fingerprint density at radius 1 is 0.700 bits per heavy atom. The predicted octanol–water partition coefficient (Wildman–Crippen LogP) is 7.17. The molecule has 1 unspecified atom stereocenters. The van der Waals surface area contributed by atoms with Crippen molar-refractivity contribution < 1.29 is 27.4 Å². The van der Waals surface area contributed by atoms with Crippen molar-refractivity contribution in [3.05, 3.63) is 35.1 Å². The number of ether oxygens (including phenoxy) is 3. The van der Waals surface area contributed by atoms with Gasteiger partial charge in [0.25, 0.3) is 5.97 Å². The zero-order chi connectivity index (χ0) is 22.4. The first-order valence-electron chi connectivity index (χ1n) is 11.5. The monoisotopic (exact) mass is 432 g/mol. The molecule has 0 aliphatic heterocycles. The third kappa shape index (κ3) is 8.56. The topological polar surface area (TPSA) is 27.7 Å². The number of rotatable bonds is 17. The highest BCUT2D eigenvalue weighted by Gasteiger charge is 2.41. The summed E-state index contributed by atoms with van der Waals surface area (Å²) >= 11 is 0. The van der Waals surface area contributed by atoms with E-state index in [-0.39, 0.29) is 17.9 Å². The Hall–Kier alpha value is -1.11. The molecule has 0 bridgehead atoms. The lowest BCUT2D eigenvalue weighted by Gasteiger charge is -2.39. The van der Waals surface area contributed by atoms with E-state index in [2.05, 4.69) is 6.92 Å². The number of hydrogen-bond donors (Lipinski definition) is 0. The van der Waals surface area contributed by atoms with E-state index in [1.165, 1.54) is 25.7 Å². The quantitative estimate of drug-likeness (QED) is 0.148. The van der Waals surface area contributed by atoms with Crippen LogP contribution in [0.3, 0.4) is 0 Å². The van der Waals surface area contributed by atoms with Crippen LogP contribution in [-0.2, 0) is 20.6 Å². The highest BCUT2D eigenvalue weighted by atomic mass is 19.2. The molecule has 0 N–H and O–H groups in total. The van der Waals surface area contributed by atoms with Crippen molar-refractivity contribution in [1.82, 2.24) is 0 Å². The van der Waals surface area contributed by atoms with Crippen LogP contribution in [0, 0.1) is 23.4 Å². The van der Waals surface area contributed by atoms with E-state index in [9.17, 15) is 13.2 Å². The van der Waals surface area contributed by atoms with Crippen molar-refractivity contribution in [3.63, 3.8) is 0 Å². The maximum Gasteiger partial charge on any atom is 0.285 e. The average molecular weight is 433 g/mol. The fraction of sp³-hybridized carbons (Fsp3) is 0.750. The van der Waals surface area contributed by atoms with Crippen molar-refractivity contribution in [2.45, 2.75) is 91.5 Å². The minimum atomic E-state index is -1.21. The molecule has 0 aromatic heterocycles. The molecule has 0 saturated carbocycles. The van der Waals surface area contributed by atoms with Gasteiger partial charge in [0, 0.05) is 31.8 Å². The molecule has 1 atom stereocenters. The van der Waals surface area contributed by atoms with Gasteiger partial charge in [0.15, 0.2) is 11.6 Å². The lowest BCUT2D eigenvalue weighted by Crippen LogP contribution is -2.47. The van der Waals surface area contributed by atoms with E-state index in [0.29, 0.717) is 32.3 Å². The van der Waals surface area contributed by atoms with Gasteiger partial charge in [-0.25, -0.2) is 13.2 Å². The summed E-state index contributed by atoms with van der Waals surface area (Å²) in [7, 11) is 0. The first-order chi connectivity index (χ1) is 14.4. The van der Waals surface area contributed by atoms with Gasteiger partial charge < -0.3 is 14.2 Å². The summed E-state index contributed by atoms with van der Waals surface area (Å²) in [5, 5.41) is 0. The Morgan fingerprint density at radius 2 is 1.23 bits per heavy atom. The number of halogens is 3. The van der Waals surface area contributed by atoms with Crippen molar-refractivity contribution >= 4 is 0 Å². The van der Waals surface area contributed by atoms with Gasteiger partial charge in [-0.05, 0) is 51.7 Å². The molecule has 1 aromatic rings. The Morgan fingerprint density at radius 3 is 1.80 bits per heavy atom. The van der Waals surface area contributed by atoms with Gasteiger partial charge in [-0.2, -0.15) is 0 Å². The lowest BCUT2D eigenvalue weighted by molar-refractivity contribution is -0.403. The standard InChI is InChI=1S/C24H39F3O3/c1-5-9-10-11-12-13-14-20(24(28-6-2,29-7-3)30-8-4)16-15-19-17-22(26)23(27)18-21(19)25/h17-18,20H,5-16H2,1-4H3.